The second-order valence-corrected chi connectivity index (χ2v) is 8.19. The fourth-order valence-corrected chi connectivity index (χ4v) is 4.63. The van der Waals surface area contributed by atoms with Crippen molar-refractivity contribution in [2.24, 2.45) is 0 Å². The second-order valence-electron chi connectivity index (χ2n) is 8.19. The van der Waals surface area contributed by atoms with E-state index in [4.69, 9.17) is 4.74 Å². The number of carbonyl (C=O) groups is 1. The zero-order valence-electron chi connectivity index (χ0n) is 17.6. The van der Waals surface area contributed by atoms with Gasteiger partial charge in [-0.25, -0.2) is 9.18 Å². The van der Waals surface area contributed by atoms with Crippen LogP contribution >= 0.6 is 0 Å². The van der Waals surface area contributed by atoms with Crippen LogP contribution in [0.15, 0.2) is 48.5 Å². The Morgan fingerprint density at radius 2 is 1.77 bits per heavy atom. The van der Waals surface area contributed by atoms with Crippen molar-refractivity contribution in [2.75, 3.05) is 51.3 Å². The predicted molar refractivity (Wildman–Crippen MR) is 116 cm³/mol. The molecule has 2 aromatic rings. The van der Waals surface area contributed by atoms with Crippen LogP contribution in [0, 0.1) is 5.82 Å². The number of nitrogens with zero attached hydrogens (tertiary/aromatic N) is 3. The smallest absolute Gasteiger partial charge is 0.337 e. The molecule has 0 aliphatic carbocycles. The van der Waals surface area contributed by atoms with Gasteiger partial charge in [0.05, 0.1) is 18.4 Å². The van der Waals surface area contributed by atoms with Gasteiger partial charge in [0.15, 0.2) is 0 Å². The minimum Gasteiger partial charge on any atom is -0.465 e. The Morgan fingerprint density at radius 3 is 2.47 bits per heavy atom. The number of likely N-dealkylation sites (tertiary alicyclic amines) is 1. The fourth-order valence-electron chi connectivity index (χ4n) is 4.63. The number of hydrogen-bond donors (Lipinski definition) is 0. The highest BCUT2D eigenvalue weighted by atomic mass is 19.1. The van der Waals surface area contributed by atoms with Crippen LogP contribution in [0.5, 0.6) is 0 Å². The average molecular weight is 412 g/mol. The van der Waals surface area contributed by atoms with Gasteiger partial charge in [-0.2, -0.15) is 0 Å². The average Bonchev–Trinajstić information content (AvgIpc) is 2.80. The van der Waals surface area contributed by atoms with Crippen LogP contribution in [-0.4, -0.2) is 68.2 Å². The lowest BCUT2D eigenvalue weighted by molar-refractivity contribution is 0.0600. The molecular formula is C24H30FN3O2. The van der Waals surface area contributed by atoms with E-state index in [1.807, 2.05) is 36.4 Å². The Bertz CT molecular complexity index is 850. The van der Waals surface area contributed by atoms with Gasteiger partial charge < -0.3 is 9.64 Å². The standard InChI is InChI=1S/C24H30FN3O2/c1-30-24(29)20-10-8-19(9-11-20)17-26-12-4-5-21(18-26)27-13-15-28(16-14-27)23-7-3-2-6-22(23)25/h2-3,6-11,21H,4-5,12-18H2,1H3/t21-/m0/s1. The van der Waals surface area contributed by atoms with E-state index in [1.165, 1.54) is 25.5 Å². The number of piperazine rings is 1. The molecule has 2 aromatic carbocycles. The fraction of sp³-hybridized carbons (Fsp3) is 0.458. The number of ether oxygens (including phenoxy) is 1. The molecule has 30 heavy (non-hydrogen) atoms. The van der Waals surface area contributed by atoms with Crippen LogP contribution in [-0.2, 0) is 11.3 Å². The first-order valence-electron chi connectivity index (χ1n) is 10.8. The SMILES string of the molecule is COC(=O)c1ccc(CN2CCC[C@H](N3CCN(c4ccccc4F)CC3)C2)cc1. The van der Waals surface area contributed by atoms with E-state index in [0.717, 1.165) is 51.5 Å². The summed E-state index contributed by atoms with van der Waals surface area (Å²) in [5.74, 6) is -0.429. The molecule has 2 aliphatic rings. The van der Waals surface area contributed by atoms with Crippen molar-refractivity contribution in [2.45, 2.75) is 25.4 Å². The molecule has 0 unspecified atom stereocenters. The Labute approximate surface area is 178 Å². The van der Waals surface area contributed by atoms with Gasteiger partial charge in [-0.3, -0.25) is 9.80 Å². The Balaban J connectivity index is 1.30. The molecule has 2 aliphatic heterocycles. The van der Waals surface area contributed by atoms with Crippen molar-refractivity contribution in [3.05, 3.63) is 65.5 Å². The zero-order valence-corrected chi connectivity index (χ0v) is 17.6. The van der Waals surface area contributed by atoms with E-state index < -0.39 is 0 Å². The first-order valence-corrected chi connectivity index (χ1v) is 10.8. The zero-order chi connectivity index (χ0) is 20.9. The number of methoxy groups -OCH3 is 1. The number of carbonyl (C=O) groups excluding carboxylic acids is 1. The predicted octanol–water partition coefficient (Wildman–Crippen LogP) is 3.40. The number of piperidine rings is 1. The van der Waals surface area contributed by atoms with E-state index in [9.17, 15) is 9.18 Å². The number of para-hydroxylation sites is 1. The van der Waals surface area contributed by atoms with E-state index in [2.05, 4.69) is 14.7 Å². The summed E-state index contributed by atoms with van der Waals surface area (Å²) in [5.41, 5.74) is 2.52. The summed E-state index contributed by atoms with van der Waals surface area (Å²) in [7, 11) is 1.40. The molecule has 2 fully saturated rings. The van der Waals surface area contributed by atoms with Crippen molar-refractivity contribution in [3.63, 3.8) is 0 Å². The largest absolute Gasteiger partial charge is 0.465 e. The molecular weight excluding hydrogens is 381 g/mol. The molecule has 0 radical (unpaired) electrons. The maximum absolute atomic E-state index is 14.1. The number of hydrogen-bond acceptors (Lipinski definition) is 5. The third kappa shape index (κ3) is 4.82. The first kappa shape index (κ1) is 20.8. The molecule has 0 spiro atoms. The summed E-state index contributed by atoms with van der Waals surface area (Å²) in [6, 6.07) is 15.3. The van der Waals surface area contributed by atoms with Gasteiger partial charge in [-0.15, -0.1) is 0 Å². The molecule has 0 saturated carbocycles. The highest BCUT2D eigenvalue weighted by Gasteiger charge is 2.28. The molecule has 0 bridgehead atoms. The van der Waals surface area contributed by atoms with Crippen LogP contribution in [0.1, 0.15) is 28.8 Å². The van der Waals surface area contributed by atoms with Crippen molar-refractivity contribution in [1.82, 2.24) is 9.80 Å². The van der Waals surface area contributed by atoms with Crippen molar-refractivity contribution in [3.8, 4) is 0 Å². The summed E-state index contributed by atoms with van der Waals surface area (Å²) >= 11 is 0. The Hall–Kier alpha value is -2.44. The molecule has 1 atom stereocenters. The molecule has 4 rings (SSSR count). The van der Waals surface area contributed by atoms with Gasteiger partial charge in [0.25, 0.3) is 0 Å². The third-order valence-electron chi connectivity index (χ3n) is 6.29. The summed E-state index contributed by atoms with van der Waals surface area (Å²) in [4.78, 5) is 18.8. The van der Waals surface area contributed by atoms with E-state index in [0.29, 0.717) is 11.6 Å². The lowest BCUT2D eigenvalue weighted by atomic mass is 10.0. The number of esters is 1. The summed E-state index contributed by atoms with van der Waals surface area (Å²) in [5, 5.41) is 0. The lowest BCUT2D eigenvalue weighted by Crippen LogP contribution is -2.55. The number of benzene rings is 2. The maximum atomic E-state index is 14.1. The lowest BCUT2D eigenvalue weighted by Gasteiger charge is -2.44. The van der Waals surface area contributed by atoms with Crippen LogP contribution in [0.4, 0.5) is 10.1 Å². The second kappa shape index (κ2) is 9.58. The van der Waals surface area contributed by atoms with Gasteiger partial charge in [0.1, 0.15) is 5.82 Å². The summed E-state index contributed by atoms with van der Waals surface area (Å²) in [6.07, 6.45) is 2.41. The Morgan fingerprint density at radius 1 is 1.03 bits per heavy atom. The summed E-state index contributed by atoms with van der Waals surface area (Å²) in [6.45, 7) is 6.73. The van der Waals surface area contributed by atoms with Crippen molar-refractivity contribution < 1.29 is 13.9 Å². The third-order valence-corrected chi connectivity index (χ3v) is 6.29. The highest BCUT2D eigenvalue weighted by Crippen LogP contribution is 2.23. The summed E-state index contributed by atoms with van der Waals surface area (Å²) < 4.78 is 18.9. The minimum atomic E-state index is -0.297. The van der Waals surface area contributed by atoms with Gasteiger partial charge >= 0.3 is 5.97 Å². The van der Waals surface area contributed by atoms with Crippen LogP contribution in [0.25, 0.3) is 0 Å². The van der Waals surface area contributed by atoms with E-state index in [-0.39, 0.29) is 11.8 Å². The van der Waals surface area contributed by atoms with Gasteiger partial charge in [0.2, 0.25) is 0 Å². The minimum absolute atomic E-state index is 0.131. The molecule has 2 heterocycles. The topological polar surface area (TPSA) is 36.0 Å². The van der Waals surface area contributed by atoms with Crippen LogP contribution in [0.2, 0.25) is 0 Å². The van der Waals surface area contributed by atoms with Crippen LogP contribution < -0.4 is 4.90 Å². The van der Waals surface area contributed by atoms with E-state index >= 15 is 0 Å². The Kier molecular flexibility index (Phi) is 6.65. The quantitative estimate of drug-likeness (QED) is 0.705. The van der Waals surface area contributed by atoms with E-state index in [1.54, 1.807) is 12.1 Å². The number of anilines is 1. The molecule has 5 nitrogen and oxygen atoms in total. The molecule has 0 N–H and O–H groups in total. The van der Waals surface area contributed by atoms with Crippen LogP contribution in [0.3, 0.4) is 0 Å². The molecule has 6 heteroatoms. The molecule has 2 saturated heterocycles. The van der Waals surface area contributed by atoms with Crippen molar-refractivity contribution >= 4 is 11.7 Å². The van der Waals surface area contributed by atoms with Gasteiger partial charge in [-0.05, 0) is 49.2 Å². The maximum Gasteiger partial charge on any atom is 0.337 e. The van der Waals surface area contributed by atoms with Gasteiger partial charge in [0, 0.05) is 45.3 Å². The first-order chi connectivity index (χ1) is 14.6. The normalized spacial score (nSPS) is 20.9. The highest BCUT2D eigenvalue weighted by molar-refractivity contribution is 5.89. The number of rotatable bonds is 5. The monoisotopic (exact) mass is 411 g/mol. The molecule has 0 aromatic heterocycles. The van der Waals surface area contributed by atoms with Gasteiger partial charge in [-0.1, -0.05) is 24.3 Å². The van der Waals surface area contributed by atoms with Crippen molar-refractivity contribution in [1.29, 1.82) is 0 Å². The molecule has 160 valence electrons. The number of halogens is 1. The molecule has 0 amide bonds.